The highest BCUT2D eigenvalue weighted by atomic mass is 19.2. The first-order valence-corrected chi connectivity index (χ1v) is 7.10. The number of likely N-dealkylation sites (N-methyl/N-ethyl adjacent to an activating group) is 1. The van der Waals surface area contributed by atoms with Crippen LogP contribution in [0.3, 0.4) is 0 Å². The molecule has 0 heterocycles. The van der Waals surface area contributed by atoms with Gasteiger partial charge in [-0.3, -0.25) is 0 Å². The highest BCUT2D eigenvalue weighted by Gasteiger charge is 2.18. The molecule has 2 nitrogen and oxygen atoms in total. The fraction of sp³-hybridized carbons (Fsp3) is 0.625. The number of benzene rings is 1. The van der Waals surface area contributed by atoms with Crippen molar-refractivity contribution in [2.75, 3.05) is 19.8 Å². The summed E-state index contributed by atoms with van der Waals surface area (Å²) < 4.78 is 32.7. The summed E-state index contributed by atoms with van der Waals surface area (Å²) in [7, 11) is 0. The lowest BCUT2D eigenvalue weighted by molar-refractivity contribution is 0.0891. The van der Waals surface area contributed by atoms with Crippen molar-refractivity contribution in [1.82, 2.24) is 5.32 Å². The molecule has 1 aromatic rings. The summed E-state index contributed by atoms with van der Waals surface area (Å²) in [5.74, 6) is -1.61. The molecule has 0 aromatic heterocycles. The number of hydrogen-bond acceptors (Lipinski definition) is 2. The summed E-state index contributed by atoms with van der Waals surface area (Å²) in [6.45, 7) is 9.98. The number of rotatable bonds is 7. The van der Waals surface area contributed by atoms with Crippen LogP contribution in [-0.4, -0.2) is 19.8 Å². The molecule has 0 radical (unpaired) electrons. The normalized spacial score (nSPS) is 13.5. The Hall–Kier alpha value is -1.00. The lowest BCUT2D eigenvalue weighted by atomic mass is 9.93. The molecule has 1 unspecified atom stereocenters. The van der Waals surface area contributed by atoms with E-state index in [9.17, 15) is 8.78 Å². The minimum absolute atomic E-state index is 0.206. The lowest BCUT2D eigenvalue weighted by Gasteiger charge is -2.21. The fourth-order valence-corrected chi connectivity index (χ4v) is 1.87. The first-order valence-electron chi connectivity index (χ1n) is 7.10. The van der Waals surface area contributed by atoms with Gasteiger partial charge in [0.2, 0.25) is 0 Å². The molecule has 1 atom stereocenters. The molecular formula is C16H25F2NO. The van der Waals surface area contributed by atoms with E-state index in [2.05, 4.69) is 26.1 Å². The van der Waals surface area contributed by atoms with E-state index >= 15 is 0 Å². The summed E-state index contributed by atoms with van der Waals surface area (Å²) >= 11 is 0. The van der Waals surface area contributed by atoms with Gasteiger partial charge in [0.15, 0.2) is 11.6 Å². The van der Waals surface area contributed by atoms with Crippen molar-refractivity contribution in [3.63, 3.8) is 0 Å². The van der Waals surface area contributed by atoms with E-state index in [0.29, 0.717) is 25.3 Å². The molecule has 0 saturated heterocycles. The fourth-order valence-electron chi connectivity index (χ4n) is 1.87. The van der Waals surface area contributed by atoms with E-state index in [0.717, 1.165) is 12.5 Å². The first kappa shape index (κ1) is 17.1. The topological polar surface area (TPSA) is 21.3 Å². The van der Waals surface area contributed by atoms with Crippen molar-refractivity contribution in [3.8, 4) is 0 Å². The SMILES string of the molecule is CCNC(COCCC(C)(C)C)c1cccc(F)c1F. The van der Waals surface area contributed by atoms with Gasteiger partial charge in [-0.1, -0.05) is 39.8 Å². The Morgan fingerprint density at radius 2 is 1.95 bits per heavy atom. The zero-order chi connectivity index (χ0) is 15.2. The van der Waals surface area contributed by atoms with Gasteiger partial charge in [-0.05, 0) is 24.4 Å². The zero-order valence-electron chi connectivity index (χ0n) is 12.8. The van der Waals surface area contributed by atoms with Crippen LogP contribution in [0.4, 0.5) is 8.78 Å². The molecule has 0 aliphatic carbocycles. The first-order chi connectivity index (χ1) is 9.35. The smallest absolute Gasteiger partial charge is 0.163 e. The molecule has 114 valence electrons. The number of nitrogens with one attached hydrogen (secondary N) is 1. The van der Waals surface area contributed by atoms with Crippen LogP contribution < -0.4 is 5.32 Å². The highest BCUT2D eigenvalue weighted by Crippen LogP contribution is 2.21. The monoisotopic (exact) mass is 285 g/mol. The van der Waals surface area contributed by atoms with E-state index in [4.69, 9.17) is 4.74 Å². The van der Waals surface area contributed by atoms with Gasteiger partial charge < -0.3 is 10.1 Å². The van der Waals surface area contributed by atoms with Crippen molar-refractivity contribution in [1.29, 1.82) is 0 Å². The van der Waals surface area contributed by atoms with Crippen molar-refractivity contribution in [3.05, 3.63) is 35.4 Å². The maximum absolute atomic E-state index is 13.8. The third kappa shape index (κ3) is 5.55. The average molecular weight is 285 g/mol. The number of halogens is 2. The Morgan fingerprint density at radius 3 is 2.55 bits per heavy atom. The van der Waals surface area contributed by atoms with Gasteiger partial charge in [-0.25, -0.2) is 8.78 Å². The third-order valence-electron chi connectivity index (χ3n) is 3.09. The van der Waals surface area contributed by atoms with E-state index in [1.165, 1.54) is 6.07 Å². The van der Waals surface area contributed by atoms with Crippen LogP contribution in [-0.2, 0) is 4.74 Å². The van der Waals surface area contributed by atoms with Crippen LogP contribution >= 0.6 is 0 Å². The van der Waals surface area contributed by atoms with Crippen molar-refractivity contribution in [2.45, 2.75) is 40.2 Å². The van der Waals surface area contributed by atoms with Crippen LogP contribution in [0.5, 0.6) is 0 Å². The lowest BCUT2D eigenvalue weighted by Crippen LogP contribution is -2.27. The molecule has 4 heteroatoms. The molecule has 0 bridgehead atoms. The predicted molar refractivity (Wildman–Crippen MR) is 77.7 cm³/mol. The largest absolute Gasteiger partial charge is 0.379 e. The van der Waals surface area contributed by atoms with Gasteiger partial charge in [0.05, 0.1) is 12.6 Å². The van der Waals surface area contributed by atoms with E-state index in [1.54, 1.807) is 6.07 Å². The molecule has 1 N–H and O–H groups in total. The third-order valence-corrected chi connectivity index (χ3v) is 3.09. The predicted octanol–water partition coefficient (Wildman–Crippen LogP) is 4.07. The van der Waals surface area contributed by atoms with Crippen molar-refractivity contribution >= 4 is 0 Å². The van der Waals surface area contributed by atoms with Crippen LogP contribution in [0.1, 0.15) is 45.7 Å². The Kier molecular flexibility index (Phi) is 6.56. The average Bonchev–Trinajstić information content (AvgIpc) is 2.35. The van der Waals surface area contributed by atoms with E-state index in [1.807, 2.05) is 6.92 Å². The zero-order valence-corrected chi connectivity index (χ0v) is 12.8. The van der Waals surface area contributed by atoms with Crippen molar-refractivity contribution < 1.29 is 13.5 Å². The molecule has 0 amide bonds. The molecule has 20 heavy (non-hydrogen) atoms. The quantitative estimate of drug-likeness (QED) is 0.763. The number of hydrogen-bond donors (Lipinski definition) is 1. The van der Waals surface area contributed by atoms with Crippen LogP contribution in [0.2, 0.25) is 0 Å². The van der Waals surface area contributed by atoms with Gasteiger partial charge in [-0.15, -0.1) is 0 Å². The second-order valence-electron chi connectivity index (χ2n) is 6.14. The maximum Gasteiger partial charge on any atom is 0.163 e. The molecule has 0 aliphatic rings. The molecule has 0 fully saturated rings. The minimum Gasteiger partial charge on any atom is -0.379 e. The molecule has 1 rings (SSSR count). The van der Waals surface area contributed by atoms with E-state index < -0.39 is 11.6 Å². The second kappa shape index (κ2) is 7.70. The van der Waals surface area contributed by atoms with Gasteiger partial charge in [0.25, 0.3) is 0 Å². The Morgan fingerprint density at radius 1 is 1.25 bits per heavy atom. The van der Waals surface area contributed by atoms with E-state index in [-0.39, 0.29) is 11.5 Å². The van der Waals surface area contributed by atoms with Crippen LogP contribution in [0.15, 0.2) is 18.2 Å². The highest BCUT2D eigenvalue weighted by molar-refractivity contribution is 5.22. The second-order valence-corrected chi connectivity index (χ2v) is 6.14. The Balaban J connectivity index is 2.63. The molecule has 0 saturated carbocycles. The number of ether oxygens (including phenoxy) is 1. The minimum atomic E-state index is -0.819. The van der Waals surface area contributed by atoms with Crippen LogP contribution in [0, 0.1) is 17.0 Å². The Labute approximate surface area is 120 Å². The van der Waals surface area contributed by atoms with Gasteiger partial charge in [0.1, 0.15) is 0 Å². The Bertz CT molecular complexity index is 415. The summed E-state index contributed by atoms with van der Waals surface area (Å²) in [5, 5.41) is 3.13. The summed E-state index contributed by atoms with van der Waals surface area (Å²) in [6.07, 6.45) is 0.928. The summed E-state index contributed by atoms with van der Waals surface area (Å²) in [5.41, 5.74) is 0.528. The molecule has 0 spiro atoms. The molecular weight excluding hydrogens is 260 g/mol. The van der Waals surface area contributed by atoms with Gasteiger partial charge in [0, 0.05) is 12.2 Å². The molecule has 0 aliphatic heterocycles. The van der Waals surface area contributed by atoms with Gasteiger partial charge in [-0.2, -0.15) is 0 Å². The summed E-state index contributed by atoms with van der Waals surface area (Å²) in [4.78, 5) is 0. The molecule has 1 aromatic carbocycles. The van der Waals surface area contributed by atoms with Crippen LogP contribution in [0.25, 0.3) is 0 Å². The van der Waals surface area contributed by atoms with Crippen molar-refractivity contribution in [2.24, 2.45) is 5.41 Å². The van der Waals surface area contributed by atoms with Gasteiger partial charge >= 0.3 is 0 Å². The standard InChI is InChI=1S/C16H25F2NO/c1-5-19-14(11-20-10-9-16(2,3)4)12-7-6-8-13(17)15(12)18/h6-8,14,19H,5,9-11H2,1-4H3. The maximum atomic E-state index is 13.8. The summed E-state index contributed by atoms with van der Waals surface area (Å²) in [6, 6.07) is 3.92.